The fourth-order valence-corrected chi connectivity index (χ4v) is 3.29. The summed E-state index contributed by atoms with van der Waals surface area (Å²) in [5, 5.41) is 4.63. The molecule has 1 aromatic heterocycles. The van der Waals surface area contributed by atoms with Crippen molar-refractivity contribution in [1.82, 2.24) is 9.78 Å². The lowest BCUT2D eigenvalue weighted by Crippen LogP contribution is -2.30. The molecule has 1 aromatic rings. The second-order valence-electron chi connectivity index (χ2n) is 7.13. The van der Waals surface area contributed by atoms with Crippen molar-refractivity contribution in [2.45, 2.75) is 103 Å². The molecule has 0 saturated carbocycles. The van der Waals surface area contributed by atoms with Crippen LogP contribution in [0.5, 0.6) is 5.88 Å². The first-order chi connectivity index (χ1) is 11.2. The summed E-state index contributed by atoms with van der Waals surface area (Å²) < 4.78 is 7.43. The van der Waals surface area contributed by atoms with Gasteiger partial charge in [0.05, 0.1) is 12.6 Å². The standard InChI is InChI=1S/C20H38N2O/c1-5-7-9-11-13-16-20(3,17-14-12-10-8-6-2)22-18-15-19(21-22)23-4/h15,18H,5-14,16-17H2,1-4H3. The van der Waals surface area contributed by atoms with Crippen LogP contribution in [0.4, 0.5) is 0 Å². The Bertz CT molecular complexity index is 386. The molecule has 0 spiro atoms. The van der Waals surface area contributed by atoms with Gasteiger partial charge in [-0.1, -0.05) is 78.1 Å². The van der Waals surface area contributed by atoms with Crippen LogP contribution < -0.4 is 4.74 Å². The Labute approximate surface area is 143 Å². The van der Waals surface area contributed by atoms with Crippen LogP contribution in [-0.4, -0.2) is 16.9 Å². The molecule has 0 unspecified atom stereocenters. The monoisotopic (exact) mass is 322 g/mol. The molecule has 0 amide bonds. The lowest BCUT2D eigenvalue weighted by molar-refractivity contribution is 0.221. The van der Waals surface area contributed by atoms with Crippen LogP contribution in [0, 0.1) is 0 Å². The van der Waals surface area contributed by atoms with Gasteiger partial charge in [0.25, 0.3) is 0 Å². The number of unbranched alkanes of at least 4 members (excludes halogenated alkanes) is 8. The molecule has 134 valence electrons. The zero-order valence-corrected chi connectivity index (χ0v) is 15.9. The quantitative estimate of drug-likeness (QED) is 0.374. The molecule has 0 aromatic carbocycles. The third-order valence-electron chi connectivity index (χ3n) is 4.96. The van der Waals surface area contributed by atoms with Crippen molar-refractivity contribution in [3.05, 3.63) is 12.3 Å². The van der Waals surface area contributed by atoms with Gasteiger partial charge < -0.3 is 4.74 Å². The molecule has 0 N–H and O–H groups in total. The summed E-state index contributed by atoms with van der Waals surface area (Å²) in [5.74, 6) is 0.730. The van der Waals surface area contributed by atoms with E-state index in [-0.39, 0.29) is 5.54 Å². The van der Waals surface area contributed by atoms with Crippen molar-refractivity contribution in [3.8, 4) is 5.88 Å². The molecule has 1 rings (SSSR count). The van der Waals surface area contributed by atoms with Crippen LogP contribution in [0.25, 0.3) is 0 Å². The van der Waals surface area contributed by atoms with E-state index in [1.54, 1.807) is 7.11 Å². The summed E-state index contributed by atoms with van der Waals surface area (Å²) in [5.41, 5.74) is 0.134. The molecule has 0 atom stereocenters. The van der Waals surface area contributed by atoms with Gasteiger partial charge in [0.15, 0.2) is 0 Å². The molecule has 3 nitrogen and oxygen atoms in total. The molecule has 0 bridgehead atoms. The van der Waals surface area contributed by atoms with Crippen LogP contribution in [0.2, 0.25) is 0 Å². The number of hydrogen-bond acceptors (Lipinski definition) is 2. The number of methoxy groups -OCH3 is 1. The van der Waals surface area contributed by atoms with Crippen molar-refractivity contribution in [3.63, 3.8) is 0 Å². The van der Waals surface area contributed by atoms with E-state index in [9.17, 15) is 0 Å². The van der Waals surface area contributed by atoms with E-state index in [1.165, 1.54) is 77.0 Å². The average Bonchev–Trinajstić information content (AvgIpc) is 3.04. The largest absolute Gasteiger partial charge is 0.480 e. The van der Waals surface area contributed by atoms with Crippen molar-refractivity contribution in [2.75, 3.05) is 7.11 Å². The average molecular weight is 323 g/mol. The summed E-state index contributed by atoms with van der Waals surface area (Å²) in [6, 6.07) is 1.98. The van der Waals surface area contributed by atoms with E-state index in [1.807, 2.05) is 6.07 Å². The Kier molecular flexibility index (Phi) is 10.1. The van der Waals surface area contributed by atoms with Crippen molar-refractivity contribution < 1.29 is 4.74 Å². The number of rotatable bonds is 14. The fraction of sp³-hybridized carbons (Fsp3) is 0.850. The normalized spacial score (nSPS) is 11.8. The topological polar surface area (TPSA) is 27.1 Å². The van der Waals surface area contributed by atoms with Crippen LogP contribution >= 0.6 is 0 Å². The summed E-state index contributed by atoms with van der Waals surface area (Å²) in [6.45, 7) is 6.92. The first-order valence-electron chi connectivity index (χ1n) is 9.76. The maximum atomic E-state index is 5.27. The van der Waals surface area contributed by atoms with Crippen molar-refractivity contribution in [2.24, 2.45) is 0 Å². The number of nitrogens with zero attached hydrogens (tertiary/aromatic N) is 2. The minimum Gasteiger partial charge on any atom is -0.480 e. The number of aromatic nitrogens is 2. The molecule has 23 heavy (non-hydrogen) atoms. The zero-order chi connectivity index (χ0) is 17.0. The summed E-state index contributed by atoms with van der Waals surface area (Å²) in [6.07, 6.45) is 17.9. The van der Waals surface area contributed by atoms with E-state index in [2.05, 4.69) is 36.7 Å². The number of ether oxygens (including phenoxy) is 1. The van der Waals surface area contributed by atoms with Gasteiger partial charge >= 0.3 is 0 Å². The molecule has 3 heteroatoms. The molecule has 0 fully saturated rings. The third-order valence-corrected chi connectivity index (χ3v) is 4.96. The van der Waals surface area contributed by atoms with Gasteiger partial charge in [0, 0.05) is 12.3 Å². The molecular formula is C20H38N2O. The van der Waals surface area contributed by atoms with Crippen molar-refractivity contribution >= 4 is 0 Å². The maximum absolute atomic E-state index is 5.27. The summed E-state index contributed by atoms with van der Waals surface area (Å²) >= 11 is 0. The lowest BCUT2D eigenvalue weighted by Gasteiger charge is -2.30. The van der Waals surface area contributed by atoms with E-state index in [0.717, 1.165) is 5.88 Å². The highest BCUT2D eigenvalue weighted by atomic mass is 16.5. The van der Waals surface area contributed by atoms with Gasteiger partial charge in [-0.05, 0) is 19.8 Å². The molecule has 0 saturated heterocycles. The predicted molar refractivity (Wildman–Crippen MR) is 99.2 cm³/mol. The third kappa shape index (κ3) is 7.41. The second kappa shape index (κ2) is 11.5. The van der Waals surface area contributed by atoms with Gasteiger partial charge in [0.1, 0.15) is 0 Å². The molecule has 0 aliphatic heterocycles. The van der Waals surface area contributed by atoms with Crippen LogP contribution in [0.15, 0.2) is 12.3 Å². The predicted octanol–water partition coefficient (Wildman–Crippen LogP) is 6.33. The van der Waals surface area contributed by atoms with Gasteiger partial charge in [0.2, 0.25) is 5.88 Å². The van der Waals surface area contributed by atoms with Crippen LogP contribution in [-0.2, 0) is 5.54 Å². The summed E-state index contributed by atoms with van der Waals surface area (Å²) in [4.78, 5) is 0. The highest BCUT2D eigenvalue weighted by molar-refractivity contribution is 5.07. The number of hydrogen-bond donors (Lipinski definition) is 0. The SMILES string of the molecule is CCCCCCCC(C)(CCCCCCC)n1ccc(OC)n1. The van der Waals surface area contributed by atoms with E-state index in [4.69, 9.17) is 4.74 Å². The minimum absolute atomic E-state index is 0.134. The Balaban J connectivity index is 2.55. The van der Waals surface area contributed by atoms with E-state index >= 15 is 0 Å². The van der Waals surface area contributed by atoms with Crippen LogP contribution in [0.1, 0.15) is 97.8 Å². The minimum atomic E-state index is 0.134. The van der Waals surface area contributed by atoms with Crippen LogP contribution in [0.3, 0.4) is 0 Å². The first-order valence-corrected chi connectivity index (χ1v) is 9.76. The Morgan fingerprint density at radius 3 is 1.87 bits per heavy atom. The molecule has 0 aliphatic rings. The lowest BCUT2D eigenvalue weighted by atomic mass is 9.88. The van der Waals surface area contributed by atoms with Gasteiger partial charge in [-0.3, -0.25) is 4.68 Å². The molecular weight excluding hydrogens is 284 g/mol. The van der Waals surface area contributed by atoms with E-state index in [0.29, 0.717) is 0 Å². The maximum Gasteiger partial charge on any atom is 0.232 e. The van der Waals surface area contributed by atoms with E-state index < -0.39 is 0 Å². The first kappa shape index (κ1) is 20.1. The smallest absolute Gasteiger partial charge is 0.232 e. The zero-order valence-electron chi connectivity index (χ0n) is 15.9. The van der Waals surface area contributed by atoms with Gasteiger partial charge in [-0.15, -0.1) is 5.10 Å². The fourth-order valence-electron chi connectivity index (χ4n) is 3.29. The molecule has 0 radical (unpaired) electrons. The van der Waals surface area contributed by atoms with Gasteiger partial charge in [-0.2, -0.15) is 0 Å². The molecule has 0 aliphatic carbocycles. The molecule has 1 heterocycles. The summed E-state index contributed by atoms with van der Waals surface area (Å²) in [7, 11) is 1.69. The highest BCUT2D eigenvalue weighted by Crippen LogP contribution is 2.30. The Morgan fingerprint density at radius 2 is 1.43 bits per heavy atom. The Hall–Kier alpha value is -0.990. The van der Waals surface area contributed by atoms with Gasteiger partial charge in [-0.25, -0.2) is 0 Å². The second-order valence-corrected chi connectivity index (χ2v) is 7.13. The highest BCUT2D eigenvalue weighted by Gasteiger charge is 2.26. The Morgan fingerprint density at radius 1 is 0.913 bits per heavy atom. The van der Waals surface area contributed by atoms with Crippen molar-refractivity contribution in [1.29, 1.82) is 0 Å².